The Morgan fingerprint density at radius 1 is 1.25 bits per heavy atom. The van der Waals surface area contributed by atoms with E-state index in [0.717, 1.165) is 25.2 Å². The minimum absolute atomic E-state index is 0.0733. The second kappa shape index (κ2) is 4.78. The Kier molecular flexibility index (Phi) is 4.24. The zero-order valence-corrected chi connectivity index (χ0v) is 10.9. The molecule has 1 heterocycles. The molecule has 0 aromatic carbocycles. The van der Waals surface area contributed by atoms with Crippen molar-refractivity contribution in [2.75, 3.05) is 31.0 Å². The van der Waals surface area contributed by atoms with E-state index >= 15 is 0 Å². The molecule has 1 N–H and O–H groups in total. The van der Waals surface area contributed by atoms with Crippen molar-refractivity contribution < 1.29 is 21.6 Å². The molecule has 8 heteroatoms. The number of nitrogens with one attached hydrogen (secondary N) is 1. The van der Waals surface area contributed by atoms with Gasteiger partial charge in [-0.25, -0.2) is 0 Å². The van der Waals surface area contributed by atoms with Gasteiger partial charge in [0.2, 0.25) is 0 Å². The summed E-state index contributed by atoms with van der Waals surface area (Å²) in [4.78, 5) is 0. The van der Waals surface area contributed by atoms with Crippen LogP contribution in [0.3, 0.4) is 0 Å². The average molecular weight is 279 g/mol. The quantitative estimate of drug-likeness (QED) is 0.795. The molecular formula is C8H17F3NO2PS. The summed E-state index contributed by atoms with van der Waals surface area (Å²) < 4.78 is 60.2. The van der Waals surface area contributed by atoms with E-state index in [1.165, 1.54) is 0 Å². The number of hydrogen-bond donors (Lipinski definition) is 1. The average Bonchev–Trinajstić information content (AvgIpc) is 2.46. The number of alkyl halides is 3. The molecule has 0 unspecified atom stereocenters. The summed E-state index contributed by atoms with van der Waals surface area (Å²) in [6.07, 6.45) is -0.653. The van der Waals surface area contributed by atoms with Crippen molar-refractivity contribution in [2.24, 2.45) is 0 Å². The van der Waals surface area contributed by atoms with Gasteiger partial charge in [0, 0.05) is 0 Å². The first-order valence-corrected chi connectivity index (χ1v) is 9.93. The van der Waals surface area contributed by atoms with Gasteiger partial charge in [-0.2, -0.15) is 0 Å². The fourth-order valence-corrected chi connectivity index (χ4v) is 10.1. The van der Waals surface area contributed by atoms with Crippen LogP contribution in [0.1, 0.15) is 12.8 Å². The second-order valence-corrected chi connectivity index (χ2v) is 12.0. The molecule has 1 fully saturated rings. The van der Waals surface area contributed by atoms with E-state index in [1.54, 1.807) is 4.72 Å². The number of halogens is 3. The van der Waals surface area contributed by atoms with Crippen LogP contribution in [-0.4, -0.2) is 45.6 Å². The van der Waals surface area contributed by atoms with Gasteiger partial charge in [-0.3, -0.25) is 0 Å². The van der Waals surface area contributed by atoms with E-state index in [9.17, 15) is 21.6 Å². The molecule has 1 aliphatic rings. The molecular weight excluding hydrogens is 262 g/mol. The van der Waals surface area contributed by atoms with Gasteiger partial charge in [-0.1, -0.05) is 0 Å². The Balaban J connectivity index is 2.52. The Bertz CT molecular complexity index is 336. The molecule has 0 atom stereocenters. The first kappa shape index (κ1) is 14.2. The van der Waals surface area contributed by atoms with Crippen molar-refractivity contribution in [2.45, 2.75) is 19.0 Å². The summed E-state index contributed by atoms with van der Waals surface area (Å²) in [6.45, 7) is 0.493. The van der Waals surface area contributed by atoms with Crippen molar-refractivity contribution in [3.8, 4) is 0 Å². The van der Waals surface area contributed by atoms with Gasteiger partial charge < -0.3 is 0 Å². The van der Waals surface area contributed by atoms with Crippen LogP contribution in [0.25, 0.3) is 0 Å². The van der Waals surface area contributed by atoms with Gasteiger partial charge in [0.25, 0.3) is 0 Å². The Morgan fingerprint density at radius 3 is 2.19 bits per heavy atom. The molecule has 16 heavy (non-hydrogen) atoms. The van der Waals surface area contributed by atoms with Gasteiger partial charge in [0.15, 0.2) is 0 Å². The van der Waals surface area contributed by atoms with E-state index < -0.39 is 30.0 Å². The first-order valence-electron chi connectivity index (χ1n) is 5.16. The van der Waals surface area contributed by atoms with Crippen LogP contribution in [0.4, 0.5) is 13.2 Å². The molecule has 0 aliphatic carbocycles. The summed E-state index contributed by atoms with van der Waals surface area (Å²) in [6, 6.07) is 0. The summed E-state index contributed by atoms with van der Waals surface area (Å²) >= 11 is 0. The van der Waals surface area contributed by atoms with Crippen LogP contribution >= 0.6 is 7.26 Å². The first-order chi connectivity index (χ1) is 7.12. The van der Waals surface area contributed by atoms with E-state index in [2.05, 4.69) is 0 Å². The summed E-state index contributed by atoms with van der Waals surface area (Å²) in [7, 11) is -5.60. The van der Waals surface area contributed by atoms with Crippen LogP contribution in [-0.2, 0) is 10.0 Å². The predicted octanol–water partition coefficient (Wildman–Crippen LogP) is 1.60. The fourth-order valence-electron chi connectivity index (χ4n) is 2.07. The summed E-state index contributed by atoms with van der Waals surface area (Å²) in [5.74, 6) is 0. The van der Waals surface area contributed by atoms with Gasteiger partial charge in [0.1, 0.15) is 0 Å². The van der Waals surface area contributed by atoms with Crippen molar-refractivity contribution in [3.05, 3.63) is 0 Å². The van der Waals surface area contributed by atoms with Crippen molar-refractivity contribution >= 4 is 17.3 Å². The van der Waals surface area contributed by atoms with Crippen molar-refractivity contribution in [1.29, 1.82) is 0 Å². The van der Waals surface area contributed by atoms with Crippen molar-refractivity contribution in [1.82, 2.24) is 4.72 Å². The standard InChI is InChI=1S/C8H17F3NO2PS/c1-15(4-2-3-5-15)7-16(13,14)12-6-8(9,10)11/h12,15H,2-7H2,1H3. The van der Waals surface area contributed by atoms with Crippen LogP contribution in [0.2, 0.25) is 0 Å². The maximum absolute atomic E-state index is 11.9. The molecule has 1 aliphatic heterocycles. The third-order valence-corrected chi connectivity index (χ3v) is 10.9. The summed E-state index contributed by atoms with van der Waals surface area (Å²) in [5.41, 5.74) is -0.0733. The molecule has 98 valence electrons. The molecule has 0 radical (unpaired) electrons. The van der Waals surface area contributed by atoms with Gasteiger partial charge in [0.05, 0.1) is 0 Å². The topological polar surface area (TPSA) is 46.2 Å². The predicted molar refractivity (Wildman–Crippen MR) is 61.1 cm³/mol. The zero-order valence-electron chi connectivity index (χ0n) is 9.10. The SMILES string of the molecule is C[PH]1(CS(=O)(=O)NCC(F)(F)F)CCCC1. The van der Waals surface area contributed by atoms with Crippen molar-refractivity contribution in [3.63, 3.8) is 0 Å². The normalized spacial score (nSPS) is 23.2. The molecule has 0 aromatic heterocycles. The molecule has 0 spiro atoms. The van der Waals surface area contributed by atoms with Crippen LogP contribution in [0.5, 0.6) is 0 Å². The van der Waals surface area contributed by atoms with Crippen LogP contribution < -0.4 is 4.72 Å². The molecule has 0 saturated carbocycles. The monoisotopic (exact) mass is 279 g/mol. The fraction of sp³-hybridized carbons (Fsp3) is 1.00. The van der Waals surface area contributed by atoms with Gasteiger partial charge in [-0.05, 0) is 0 Å². The van der Waals surface area contributed by atoms with Gasteiger partial charge >= 0.3 is 93.6 Å². The number of hydrogen-bond acceptors (Lipinski definition) is 2. The molecule has 0 amide bonds. The summed E-state index contributed by atoms with van der Waals surface area (Å²) in [5, 5.41) is 0. The molecule has 1 rings (SSSR count). The molecule has 1 saturated heterocycles. The third kappa shape index (κ3) is 4.97. The maximum atomic E-state index is 11.9. The zero-order chi connectivity index (χ0) is 12.4. The number of sulfonamides is 1. The molecule has 0 aromatic rings. The van der Waals surface area contributed by atoms with E-state index in [-0.39, 0.29) is 5.49 Å². The van der Waals surface area contributed by atoms with Crippen LogP contribution in [0, 0.1) is 0 Å². The van der Waals surface area contributed by atoms with E-state index in [0.29, 0.717) is 0 Å². The number of rotatable bonds is 4. The van der Waals surface area contributed by atoms with E-state index in [4.69, 9.17) is 0 Å². The Morgan fingerprint density at radius 2 is 1.75 bits per heavy atom. The van der Waals surface area contributed by atoms with Crippen LogP contribution in [0.15, 0.2) is 0 Å². The van der Waals surface area contributed by atoms with Gasteiger partial charge in [-0.15, -0.1) is 0 Å². The molecule has 3 nitrogen and oxygen atoms in total. The molecule has 0 bridgehead atoms. The minimum atomic E-state index is -4.48. The third-order valence-electron chi connectivity index (χ3n) is 2.84. The van der Waals surface area contributed by atoms with E-state index in [1.807, 2.05) is 6.66 Å². The Labute approximate surface area is 94.2 Å². The Hall–Kier alpha value is 0.130. The second-order valence-electron chi connectivity index (χ2n) is 4.71.